The number of rotatable bonds is 2. The van der Waals surface area contributed by atoms with Crippen molar-refractivity contribution >= 4 is 5.91 Å². The van der Waals surface area contributed by atoms with Crippen LogP contribution in [0.3, 0.4) is 0 Å². The molecule has 0 aromatic carbocycles. The number of ether oxygens (including phenoxy) is 1. The molecular formula is C15H22N2O2. The molecule has 4 nitrogen and oxygen atoms in total. The van der Waals surface area contributed by atoms with E-state index in [2.05, 4.69) is 4.98 Å². The molecule has 104 valence electrons. The number of methoxy groups -OCH3 is 1. The lowest BCUT2D eigenvalue weighted by atomic mass is 9.76. The lowest BCUT2D eigenvalue weighted by Gasteiger charge is -2.43. The van der Waals surface area contributed by atoms with Gasteiger partial charge in [0.05, 0.1) is 6.10 Å². The van der Waals surface area contributed by atoms with Gasteiger partial charge in [0.15, 0.2) is 0 Å². The Bertz CT molecular complexity index is 443. The molecular weight excluding hydrogens is 240 g/mol. The summed E-state index contributed by atoms with van der Waals surface area (Å²) in [7, 11) is 1.81. The highest BCUT2D eigenvalue weighted by Gasteiger charge is 2.46. The first kappa shape index (κ1) is 12.7. The number of aromatic nitrogens is 1. The molecule has 19 heavy (non-hydrogen) atoms. The molecule has 1 N–H and O–H groups in total. The van der Waals surface area contributed by atoms with Gasteiger partial charge in [-0.2, -0.15) is 0 Å². The summed E-state index contributed by atoms with van der Waals surface area (Å²) in [6.07, 6.45) is 7.98. The molecule has 1 saturated carbocycles. The van der Waals surface area contributed by atoms with Gasteiger partial charge in [0.25, 0.3) is 5.91 Å². The van der Waals surface area contributed by atoms with Gasteiger partial charge in [-0.3, -0.25) is 4.79 Å². The predicted molar refractivity (Wildman–Crippen MR) is 73.0 cm³/mol. The number of H-pyrrole nitrogens is 1. The lowest BCUT2D eigenvalue weighted by Crippen LogP contribution is -2.49. The van der Waals surface area contributed by atoms with E-state index in [9.17, 15) is 4.79 Å². The van der Waals surface area contributed by atoms with Crippen LogP contribution in [0.15, 0.2) is 18.3 Å². The summed E-state index contributed by atoms with van der Waals surface area (Å²) in [5.41, 5.74) is 0.902. The van der Waals surface area contributed by atoms with Crippen LogP contribution in [0.1, 0.15) is 42.6 Å². The van der Waals surface area contributed by atoms with Crippen LogP contribution < -0.4 is 0 Å². The Balaban J connectivity index is 1.76. The van der Waals surface area contributed by atoms with Crippen LogP contribution in [0, 0.1) is 5.41 Å². The molecule has 1 saturated heterocycles. The van der Waals surface area contributed by atoms with Crippen molar-refractivity contribution < 1.29 is 9.53 Å². The van der Waals surface area contributed by atoms with Crippen LogP contribution in [-0.4, -0.2) is 42.1 Å². The Kier molecular flexibility index (Phi) is 3.35. The number of hydrogen-bond donors (Lipinski definition) is 1. The fourth-order valence-electron chi connectivity index (χ4n) is 3.91. The van der Waals surface area contributed by atoms with Crippen LogP contribution in [0.25, 0.3) is 0 Å². The number of nitrogens with zero attached hydrogens (tertiary/aromatic N) is 1. The van der Waals surface area contributed by atoms with Crippen LogP contribution in [0.2, 0.25) is 0 Å². The summed E-state index contributed by atoms with van der Waals surface area (Å²) in [5, 5.41) is 0. The van der Waals surface area contributed by atoms with E-state index in [4.69, 9.17) is 4.74 Å². The average molecular weight is 262 g/mol. The van der Waals surface area contributed by atoms with Gasteiger partial charge in [0, 0.05) is 31.8 Å². The van der Waals surface area contributed by atoms with E-state index in [1.165, 1.54) is 19.3 Å². The zero-order valence-electron chi connectivity index (χ0n) is 11.5. The van der Waals surface area contributed by atoms with Crippen molar-refractivity contribution in [2.45, 2.75) is 38.2 Å². The second kappa shape index (κ2) is 5.00. The molecule has 4 heteroatoms. The minimum atomic E-state index is 0.130. The van der Waals surface area contributed by atoms with E-state index < -0.39 is 0 Å². The lowest BCUT2D eigenvalue weighted by molar-refractivity contribution is -0.0296. The first-order valence-electron chi connectivity index (χ1n) is 7.21. The fraction of sp³-hybridized carbons (Fsp3) is 0.667. The molecule has 1 aliphatic carbocycles. The highest BCUT2D eigenvalue weighted by molar-refractivity contribution is 5.92. The highest BCUT2D eigenvalue weighted by atomic mass is 16.5. The van der Waals surface area contributed by atoms with Crippen molar-refractivity contribution in [3.05, 3.63) is 24.0 Å². The molecule has 2 aliphatic rings. The second-order valence-electron chi connectivity index (χ2n) is 5.89. The predicted octanol–water partition coefficient (Wildman–Crippen LogP) is 2.44. The Labute approximate surface area is 114 Å². The molecule has 2 heterocycles. The van der Waals surface area contributed by atoms with Crippen molar-refractivity contribution in [3.8, 4) is 0 Å². The molecule has 1 aromatic heterocycles. The Morgan fingerprint density at radius 3 is 3.05 bits per heavy atom. The minimum absolute atomic E-state index is 0.130. The Morgan fingerprint density at radius 2 is 2.32 bits per heavy atom. The van der Waals surface area contributed by atoms with Crippen LogP contribution in [0.5, 0.6) is 0 Å². The van der Waals surface area contributed by atoms with Crippen LogP contribution in [-0.2, 0) is 4.74 Å². The van der Waals surface area contributed by atoms with Crippen molar-refractivity contribution in [2.75, 3.05) is 20.2 Å². The van der Waals surface area contributed by atoms with E-state index >= 15 is 0 Å². The molecule has 1 aromatic rings. The molecule has 1 aliphatic heterocycles. The molecule has 2 fully saturated rings. The zero-order valence-corrected chi connectivity index (χ0v) is 11.5. The van der Waals surface area contributed by atoms with E-state index in [-0.39, 0.29) is 11.3 Å². The number of carbonyl (C=O) groups excluding carboxylic acids is 1. The summed E-state index contributed by atoms with van der Waals surface area (Å²) in [5.74, 6) is 0.130. The topological polar surface area (TPSA) is 45.3 Å². The molecule has 0 radical (unpaired) electrons. The third-order valence-corrected chi connectivity index (χ3v) is 4.83. The van der Waals surface area contributed by atoms with Gasteiger partial charge in [-0.1, -0.05) is 6.42 Å². The highest BCUT2D eigenvalue weighted by Crippen LogP contribution is 2.46. The van der Waals surface area contributed by atoms with Gasteiger partial charge in [-0.15, -0.1) is 0 Å². The quantitative estimate of drug-likeness (QED) is 0.889. The van der Waals surface area contributed by atoms with Crippen LogP contribution >= 0.6 is 0 Å². The average Bonchev–Trinajstić information content (AvgIpc) is 3.08. The normalized spacial score (nSPS) is 31.0. The molecule has 1 amide bonds. The number of piperidine rings is 1. The number of aromatic amines is 1. The third kappa shape index (κ3) is 2.18. The molecule has 0 unspecified atom stereocenters. The van der Waals surface area contributed by atoms with Gasteiger partial charge in [0.2, 0.25) is 0 Å². The first-order valence-corrected chi connectivity index (χ1v) is 7.21. The number of amides is 1. The standard InChI is InChI=1S/C15H22N2O2/c1-19-13-6-2-7-15(13)8-4-10-17(11-15)14(18)12-5-3-9-16-12/h3,5,9,13,16H,2,4,6-8,10-11H2,1H3/t13-,15+/m1/s1. The number of likely N-dealkylation sites (tertiary alicyclic amines) is 1. The maximum Gasteiger partial charge on any atom is 0.270 e. The molecule has 3 rings (SSSR count). The van der Waals surface area contributed by atoms with Gasteiger partial charge in [-0.05, 0) is 37.8 Å². The van der Waals surface area contributed by atoms with Crippen molar-refractivity contribution in [1.29, 1.82) is 0 Å². The summed E-state index contributed by atoms with van der Waals surface area (Å²) >= 11 is 0. The molecule has 0 bridgehead atoms. The van der Waals surface area contributed by atoms with Crippen molar-refractivity contribution in [2.24, 2.45) is 5.41 Å². The van der Waals surface area contributed by atoms with Gasteiger partial charge < -0.3 is 14.6 Å². The minimum Gasteiger partial charge on any atom is -0.381 e. The van der Waals surface area contributed by atoms with E-state index in [0.717, 1.165) is 25.9 Å². The Hall–Kier alpha value is -1.29. The largest absolute Gasteiger partial charge is 0.381 e. The maximum absolute atomic E-state index is 12.4. The number of carbonyl (C=O) groups is 1. The maximum atomic E-state index is 12.4. The number of nitrogens with one attached hydrogen (secondary N) is 1. The number of hydrogen-bond acceptors (Lipinski definition) is 2. The summed E-state index contributed by atoms with van der Waals surface area (Å²) < 4.78 is 5.68. The summed E-state index contributed by atoms with van der Waals surface area (Å²) in [6, 6.07) is 3.73. The zero-order chi connectivity index (χ0) is 13.3. The fourth-order valence-corrected chi connectivity index (χ4v) is 3.91. The Morgan fingerprint density at radius 1 is 1.47 bits per heavy atom. The smallest absolute Gasteiger partial charge is 0.270 e. The monoisotopic (exact) mass is 262 g/mol. The first-order chi connectivity index (χ1) is 9.25. The van der Waals surface area contributed by atoms with Gasteiger partial charge >= 0.3 is 0 Å². The van der Waals surface area contributed by atoms with Crippen molar-refractivity contribution in [3.63, 3.8) is 0 Å². The van der Waals surface area contributed by atoms with E-state index in [1.54, 1.807) is 6.20 Å². The second-order valence-corrected chi connectivity index (χ2v) is 5.89. The van der Waals surface area contributed by atoms with Gasteiger partial charge in [-0.25, -0.2) is 0 Å². The summed E-state index contributed by atoms with van der Waals surface area (Å²) in [6.45, 7) is 1.72. The van der Waals surface area contributed by atoms with Crippen LogP contribution in [0.4, 0.5) is 0 Å². The van der Waals surface area contributed by atoms with E-state index in [1.807, 2.05) is 24.1 Å². The molecule has 1 spiro atoms. The third-order valence-electron chi connectivity index (χ3n) is 4.83. The summed E-state index contributed by atoms with van der Waals surface area (Å²) in [4.78, 5) is 17.5. The molecule has 2 atom stereocenters. The van der Waals surface area contributed by atoms with Gasteiger partial charge in [0.1, 0.15) is 5.69 Å². The SMILES string of the molecule is CO[C@@H]1CCC[C@@]12CCCN(C(=O)c1ccc[nH]1)C2. The van der Waals surface area contributed by atoms with E-state index in [0.29, 0.717) is 11.8 Å². The van der Waals surface area contributed by atoms with Crippen molar-refractivity contribution in [1.82, 2.24) is 9.88 Å².